The highest BCUT2D eigenvalue weighted by molar-refractivity contribution is 7.89. The Morgan fingerprint density at radius 2 is 1.54 bits per heavy atom. The summed E-state index contributed by atoms with van der Waals surface area (Å²) in [7, 11) is -1.52. The highest BCUT2D eigenvalue weighted by Crippen LogP contribution is 2.35. The summed E-state index contributed by atoms with van der Waals surface area (Å²) in [5.41, 5.74) is -0.918. The lowest BCUT2D eigenvalue weighted by Gasteiger charge is -2.23. The van der Waals surface area contributed by atoms with E-state index in [1.165, 1.54) is 44.6 Å². The molecule has 0 aromatic heterocycles. The van der Waals surface area contributed by atoms with Crippen molar-refractivity contribution in [2.75, 3.05) is 26.1 Å². The van der Waals surface area contributed by atoms with Gasteiger partial charge in [0.15, 0.2) is 11.5 Å². The monoisotopic (exact) mass is 508 g/mol. The second kappa shape index (κ2) is 10.8. The van der Waals surface area contributed by atoms with E-state index in [0.717, 1.165) is 16.4 Å². The summed E-state index contributed by atoms with van der Waals surface area (Å²) in [5, 5.41) is 2.19. The van der Waals surface area contributed by atoms with Gasteiger partial charge in [-0.1, -0.05) is 42.5 Å². The van der Waals surface area contributed by atoms with E-state index < -0.39 is 39.9 Å². The Labute approximate surface area is 201 Å². The van der Waals surface area contributed by atoms with Gasteiger partial charge >= 0.3 is 6.18 Å². The Bertz CT molecular complexity index is 1280. The average Bonchev–Trinajstić information content (AvgIpc) is 2.83. The van der Waals surface area contributed by atoms with Crippen molar-refractivity contribution in [2.24, 2.45) is 0 Å². The largest absolute Gasteiger partial charge is 0.493 e. The maximum atomic E-state index is 13.5. The zero-order chi connectivity index (χ0) is 25.6. The van der Waals surface area contributed by atoms with Crippen molar-refractivity contribution in [1.29, 1.82) is 0 Å². The second-order valence-corrected chi connectivity index (χ2v) is 9.30. The Morgan fingerprint density at radius 1 is 0.914 bits per heavy atom. The lowest BCUT2D eigenvalue weighted by Crippen LogP contribution is -2.37. The number of nitrogens with one attached hydrogen (secondary N) is 1. The van der Waals surface area contributed by atoms with Gasteiger partial charge in [-0.25, -0.2) is 8.42 Å². The maximum Gasteiger partial charge on any atom is 0.418 e. The van der Waals surface area contributed by atoms with Crippen LogP contribution in [0, 0.1) is 0 Å². The minimum atomic E-state index is -4.70. The van der Waals surface area contributed by atoms with Crippen LogP contribution in [0.25, 0.3) is 0 Å². The number of methoxy groups -OCH3 is 2. The molecule has 0 aliphatic carbocycles. The molecular formula is C24H23F3N2O5S. The first-order chi connectivity index (χ1) is 16.6. The number of alkyl halides is 3. The Kier molecular flexibility index (Phi) is 8.03. The molecule has 3 aromatic rings. The van der Waals surface area contributed by atoms with Gasteiger partial charge in [0.25, 0.3) is 0 Å². The molecule has 0 heterocycles. The number of carbonyl (C=O) groups is 1. The highest BCUT2D eigenvalue weighted by Gasteiger charge is 2.34. The predicted octanol–water partition coefficient (Wildman–Crippen LogP) is 4.55. The van der Waals surface area contributed by atoms with Crippen molar-refractivity contribution in [3.8, 4) is 11.5 Å². The summed E-state index contributed by atoms with van der Waals surface area (Å²) in [6, 6.07) is 16.9. The molecule has 0 saturated carbocycles. The number of rotatable bonds is 9. The van der Waals surface area contributed by atoms with Crippen molar-refractivity contribution in [3.05, 3.63) is 83.9 Å². The minimum Gasteiger partial charge on any atom is -0.493 e. The van der Waals surface area contributed by atoms with E-state index in [-0.39, 0.29) is 17.2 Å². The smallest absolute Gasteiger partial charge is 0.418 e. The lowest BCUT2D eigenvalue weighted by molar-refractivity contribution is -0.137. The molecule has 0 unspecified atom stereocenters. The van der Waals surface area contributed by atoms with Crippen LogP contribution in [0.1, 0.15) is 11.1 Å². The molecule has 0 fully saturated rings. The summed E-state index contributed by atoms with van der Waals surface area (Å²) in [6.45, 7) is -0.913. The van der Waals surface area contributed by atoms with Gasteiger partial charge in [0, 0.05) is 12.6 Å². The fraction of sp³-hybridized carbons (Fsp3) is 0.208. The molecule has 0 saturated heterocycles. The Hall–Kier alpha value is -3.57. The second-order valence-electron chi connectivity index (χ2n) is 7.37. The number of ether oxygens (including phenoxy) is 2. The SMILES string of the molecule is COc1ccc(S(=O)(=O)N(CC(=O)Nc2ccccc2C(F)(F)F)Cc2ccccc2)cc1OC. The molecule has 3 aromatic carbocycles. The van der Waals surface area contributed by atoms with Gasteiger partial charge < -0.3 is 14.8 Å². The molecule has 3 rings (SSSR count). The van der Waals surface area contributed by atoms with Crippen LogP contribution in [0.3, 0.4) is 0 Å². The molecule has 186 valence electrons. The zero-order valence-electron chi connectivity index (χ0n) is 18.9. The third kappa shape index (κ3) is 6.31. The first kappa shape index (κ1) is 26.0. The first-order valence-electron chi connectivity index (χ1n) is 10.3. The number of nitrogens with zero attached hydrogens (tertiary/aromatic N) is 1. The number of benzene rings is 3. The number of anilines is 1. The van der Waals surface area contributed by atoms with Crippen molar-refractivity contribution in [3.63, 3.8) is 0 Å². The van der Waals surface area contributed by atoms with Crippen molar-refractivity contribution < 1.29 is 35.9 Å². The molecule has 0 radical (unpaired) electrons. The zero-order valence-corrected chi connectivity index (χ0v) is 19.7. The minimum absolute atomic E-state index is 0.164. The lowest BCUT2D eigenvalue weighted by atomic mass is 10.1. The molecule has 1 amide bonds. The first-order valence-corrected chi connectivity index (χ1v) is 11.7. The summed E-state index contributed by atoms with van der Waals surface area (Å²) < 4.78 is 78.1. The fourth-order valence-corrected chi connectivity index (χ4v) is 4.73. The van der Waals surface area contributed by atoms with Gasteiger partial charge in [-0.2, -0.15) is 17.5 Å². The standard InChI is InChI=1S/C24H23F3N2O5S/c1-33-21-13-12-18(14-22(21)34-2)35(31,32)29(15-17-8-4-3-5-9-17)16-23(30)28-20-11-7-6-10-19(20)24(25,26)27/h3-14H,15-16H2,1-2H3,(H,28,30). The van der Waals surface area contributed by atoms with E-state index in [4.69, 9.17) is 9.47 Å². The number of amides is 1. The highest BCUT2D eigenvalue weighted by atomic mass is 32.2. The van der Waals surface area contributed by atoms with E-state index in [9.17, 15) is 26.4 Å². The van der Waals surface area contributed by atoms with Crippen molar-refractivity contribution in [1.82, 2.24) is 4.31 Å². The Balaban J connectivity index is 1.94. The maximum absolute atomic E-state index is 13.5. The van der Waals surface area contributed by atoms with Crippen LogP contribution in [0.4, 0.5) is 18.9 Å². The number of halogens is 3. The molecule has 0 atom stereocenters. The quantitative estimate of drug-likeness (QED) is 0.458. The van der Waals surface area contributed by atoms with Gasteiger partial charge in [-0.15, -0.1) is 0 Å². The van der Waals surface area contributed by atoms with Crippen LogP contribution in [0.2, 0.25) is 0 Å². The third-order valence-electron chi connectivity index (χ3n) is 5.02. The molecule has 0 spiro atoms. The summed E-state index contributed by atoms with van der Waals surface area (Å²) in [6.07, 6.45) is -4.70. The molecule has 35 heavy (non-hydrogen) atoms. The van der Waals surface area contributed by atoms with Crippen LogP contribution >= 0.6 is 0 Å². The molecule has 1 N–H and O–H groups in total. The van der Waals surface area contributed by atoms with E-state index in [1.54, 1.807) is 30.3 Å². The number of para-hydroxylation sites is 1. The van der Waals surface area contributed by atoms with E-state index in [1.807, 2.05) is 0 Å². The third-order valence-corrected chi connectivity index (χ3v) is 6.81. The van der Waals surface area contributed by atoms with Crippen molar-refractivity contribution >= 4 is 21.6 Å². The van der Waals surface area contributed by atoms with Gasteiger partial charge in [-0.05, 0) is 29.8 Å². The van der Waals surface area contributed by atoms with E-state index in [0.29, 0.717) is 11.3 Å². The van der Waals surface area contributed by atoms with Gasteiger partial charge in [0.2, 0.25) is 15.9 Å². The topological polar surface area (TPSA) is 84.9 Å². The number of sulfonamides is 1. The van der Waals surface area contributed by atoms with Crippen molar-refractivity contribution in [2.45, 2.75) is 17.6 Å². The van der Waals surface area contributed by atoms with Crippen LogP contribution in [-0.4, -0.2) is 39.4 Å². The fourth-order valence-electron chi connectivity index (χ4n) is 3.33. The average molecular weight is 509 g/mol. The van der Waals surface area contributed by atoms with Crippen LogP contribution in [-0.2, 0) is 27.5 Å². The number of hydrogen-bond donors (Lipinski definition) is 1. The summed E-state index contributed by atoms with van der Waals surface area (Å²) in [4.78, 5) is 12.6. The number of hydrogen-bond acceptors (Lipinski definition) is 5. The molecule has 0 aliphatic rings. The molecule has 0 aliphatic heterocycles. The summed E-state index contributed by atoms with van der Waals surface area (Å²) >= 11 is 0. The number of carbonyl (C=O) groups excluding carboxylic acids is 1. The molecule has 0 bridgehead atoms. The Morgan fingerprint density at radius 3 is 2.17 bits per heavy atom. The van der Waals surface area contributed by atoms with Gasteiger partial charge in [0.1, 0.15) is 0 Å². The van der Waals surface area contributed by atoms with E-state index >= 15 is 0 Å². The summed E-state index contributed by atoms with van der Waals surface area (Å²) in [5.74, 6) is -0.457. The molecule has 11 heteroatoms. The van der Waals surface area contributed by atoms with E-state index in [2.05, 4.69) is 5.32 Å². The van der Waals surface area contributed by atoms with Gasteiger partial charge in [0.05, 0.1) is 36.9 Å². The van der Waals surface area contributed by atoms with Crippen LogP contribution in [0.5, 0.6) is 11.5 Å². The van der Waals surface area contributed by atoms with Gasteiger partial charge in [-0.3, -0.25) is 4.79 Å². The molecule has 7 nitrogen and oxygen atoms in total. The van der Waals surface area contributed by atoms with Crippen LogP contribution < -0.4 is 14.8 Å². The predicted molar refractivity (Wildman–Crippen MR) is 124 cm³/mol. The van der Waals surface area contributed by atoms with Crippen LogP contribution in [0.15, 0.2) is 77.7 Å². The molecular weight excluding hydrogens is 485 g/mol. The normalized spacial score (nSPS) is 11.8.